The van der Waals surface area contributed by atoms with E-state index in [1.54, 1.807) is 6.92 Å². The Kier molecular flexibility index (Phi) is 5.51. The lowest BCUT2D eigenvalue weighted by molar-refractivity contribution is -0.143. The number of esters is 1. The minimum atomic E-state index is -0.273. The van der Waals surface area contributed by atoms with Crippen LogP contribution in [-0.4, -0.2) is 40.2 Å². The van der Waals surface area contributed by atoms with Crippen molar-refractivity contribution in [1.29, 1.82) is 0 Å². The van der Waals surface area contributed by atoms with Crippen LogP contribution in [0.2, 0.25) is 0 Å². The van der Waals surface area contributed by atoms with Gasteiger partial charge in [0.1, 0.15) is 18.2 Å². The van der Waals surface area contributed by atoms with Gasteiger partial charge in [-0.15, -0.1) is 0 Å². The Morgan fingerprint density at radius 1 is 1.12 bits per heavy atom. The van der Waals surface area contributed by atoms with E-state index in [0.29, 0.717) is 6.61 Å². The first-order valence-electron chi connectivity index (χ1n) is 9.00. The highest BCUT2D eigenvalue weighted by Crippen LogP contribution is 2.25. The molecule has 136 valence electrons. The van der Waals surface area contributed by atoms with E-state index < -0.39 is 0 Å². The monoisotopic (exact) mass is 352 g/mol. The number of imidazole rings is 1. The molecule has 0 fully saturated rings. The molecule has 2 heterocycles. The highest BCUT2D eigenvalue weighted by molar-refractivity contribution is 5.83. The molecule has 0 aliphatic carbocycles. The van der Waals surface area contributed by atoms with E-state index in [4.69, 9.17) is 9.72 Å². The third-order valence-corrected chi connectivity index (χ3v) is 4.34. The van der Waals surface area contributed by atoms with Crippen molar-refractivity contribution in [3.63, 3.8) is 0 Å². The molecule has 2 aromatic heterocycles. The molecule has 0 spiro atoms. The van der Waals surface area contributed by atoms with Gasteiger partial charge < -0.3 is 14.2 Å². The summed E-state index contributed by atoms with van der Waals surface area (Å²) in [5.74, 6) is 1.38. The molecule has 3 aromatic rings. The van der Waals surface area contributed by atoms with Gasteiger partial charge in [0.2, 0.25) is 0 Å². The van der Waals surface area contributed by atoms with Crippen LogP contribution in [0.4, 0.5) is 5.82 Å². The molecule has 1 aromatic carbocycles. The first-order chi connectivity index (χ1) is 12.7. The maximum Gasteiger partial charge on any atom is 0.326 e. The van der Waals surface area contributed by atoms with Crippen molar-refractivity contribution in [3.8, 4) is 11.4 Å². The van der Waals surface area contributed by atoms with E-state index in [1.807, 2.05) is 47.2 Å². The van der Waals surface area contributed by atoms with Gasteiger partial charge in [-0.3, -0.25) is 4.79 Å². The van der Waals surface area contributed by atoms with Gasteiger partial charge in [-0.25, -0.2) is 9.97 Å². The van der Waals surface area contributed by atoms with Crippen LogP contribution >= 0.6 is 0 Å². The molecule has 0 saturated heterocycles. The Morgan fingerprint density at radius 2 is 1.88 bits per heavy atom. The highest BCUT2D eigenvalue weighted by atomic mass is 16.5. The number of carbonyl (C=O) groups is 1. The second-order valence-corrected chi connectivity index (χ2v) is 5.89. The maximum atomic E-state index is 12.1. The molecule has 6 nitrogen and oxygen atoms in total. The average molecular weight is 352 g/mol. The lowest BCUT2D eigenvalue weighted by Crippen LogP contribution is -2.22. The van der Waals surface area contributed by atoms with Crippen molar-refractivity contribution in [2.75, 3.05) is 24.6 Å². The van der Waals surface area contributed by atoms with Crippen LogP contribution < -0.4 is 4.90 Å². The van der Waals surface area contributed by atoms with E-state index in [9.17, 15) is 4.79 Å². The molecule has 0 aliphatic rings. The van der Waals surface area contributed by atoms with Gasteiger partial charge in [0.15, 0.2) is 0 Å². The van der Waals surface area contributed by atoms with Crippen LogP contribution in [0.15, 0.2) is 42.6 Å². The fraction of sp³-hybridized carbons (Fsp3) is 0.350. The van der Waals surface area contributed by atoms with Gasteiger partial charge in [0.05, 0.1) is 17.6 Å². The van der Waals surface area contributed by atoms with Gasteiger partial charge in [-0.05, 0) is 45.0 Å². The first kappa shape index (κ1) is 17.9. The van der Waals surface area contributed by atoms with Gasteiger partial charge in [-0.2, -0.15) is 0 Å². The molecule has 0 N–H and O–H groups in total. The predicted octanol–water partition coefficient (Wildman–Crippen LogP) is 3.51. The molecule has 6 heteroatoms. The molecule has 0 amide bonds. The normalized spacial score (nSPS) is 10.9. The largest absolute Gasteiger partial charge is 0.465 e. The van der Waals surface area contributed by atoms with E-state index in [1.165, 1.54) is 0 Å². The molecule has 3 rings (SSSR count). The number of carbonyl (C=O) groups excluding carboxylic acids is 1. The van der Waals surface area contributed by atoms with E-state index in [0.717, 1.165) is 41.3 Å². The third kappa shape index (κ3) is 3.54. The van der Waals surface area contributed by atoms with Gasteiger partial charge in [0, 0.05) is 24.8 Å². The van der Waals surface area contributed by atoms with Crippen molar-refractivity contribution in [1.82, 2.24) is 14.5 Å². The van der Waals surface area contributed by atoms with Gasteiger partial charge in [-0.1, -0.05) is 12.1 Å². The predicted molar refractivity (Wildman–Crippen MR) is 103 cm³/mol. The molecule has 0 atom stereocenters. The zero-order valence-electron chi connectivity index (χ0n) is 15.5. The fourth-order valence-corrected chi connectivity index (χ4v) is 3.04. The number of anilines is 1. The van der Waals surface area contributed by atoms with Crippen molar-refractivity contribution >= 4 is 22.8 Å². The topological polar surface area (TPSA) is 60.2 Å². The molecule has 0 saturated carbocycles. The second kappa shape index (κ2) is 7.99. The standard InChI is InChI=1S/C20H24N4O2/c1-4-23(5-2)18-12-11-15(13-21-18)20-22-16-9-7-8-10-17(16)24(20)14-19(25)26-6-3/h7-13H,4-6,14H2,1-3H3. The number of pyridine rings is 1. The summed E-state index contributed by atoms with van der Waals surface area (Å²) in [7, 11) is 0. The second-order valence-electron chi connectivity index (χ2n) is 5.89. The quantitative estimate of drug-likeness (QED) is 0.609. The van der Waals surface area contributed by atoms with Crippen LogP contribution in [0.1, 0.15) is 20.8 Å². The summed E-state index contributed by atoms with van der Waals surface area (Å²) in [4.78, 5) is 23.5. The zero-order chi connectivity index (χ0) is 18.5. The average Bonchev–Trinajstić information content (AvgIpc) is 3.02. The molecule has 0 unspecified atom stereocenters. The molecular formula is C20H24N4O2. The zero-order valence-corrected chi connectivity index (χ0v) is 15.5. The summed E-state index contributed by atoms with van der Waals surface area (Å²) in [5.41, 5.74) is 2.63. The fourth-order valence-electron chi connectivity index (χ4n) is 3.04. The molecular weight excluding hydrogens is 328 g/mol. The van der Waals surface area contributed by atoms with Crippen LogP contribution in [0, 0.1) is 0 Å². The van der Waals surface area contributed by atoms with E-state index >= 15 is 0 Å². The molecule has 0 aliphatic heterocycles. The Morgan fingerprint density at radius 3 is 2.54 bits per heavy atom. The van der Waals surface area contributed by atoms with Crippen LogP contribution in [-0.2, 0) is 16.1 Å². The summed E-state index contributed by atoms with van der Waals surface area (Å²) in [6, 6.07) is 11.8. The number of fused-ring (bicyclic) bond motifs is 1. The third-order valence-electron chi connectivity index (χ3n) is 4.34. The lowest BCUT2D eigenvalue weighted by Gasteiger charge is -2.19. The summed E-state index contributed by atoms with van der Waals surface area (Å²) in [5, 5.41) is 0. The molecule has 0 bridgehead atoms. The Balaban J connectivity index is 2.02. The van der Waals surface area contributed by atoms with Crippen molar-refractivity contribution in [2.24, 2.45) is 0 Å². The van der Waals surface area contributed by atoms with Gasteiger partial charge >= 0.3 is 5.97 Å². The van der Waals surface area contributed by atoms with Crippen molar-refractivity contribution in [2.45, 2.75) is 27.3 Å². The number of rotatable bonds is 7. The number of nitrogens with zero attached hydrogens (tertiary/aromatic N) is 4. The highest BCUT2D eigenvalue weighted by Gasteiger charge is 2.16. The number of hydrogen-bond donors (Lipinski definition) is 0. The SMILES string of the molecule is CCOC(=O)Cn1c(-c2ccc(N(CC)CC)nc2)nc2ccccc21. The summed E-state index contributed by atoms with van der Waals surface area (Å²) >= 11 is 0. The van der Waals surface area contributed by atoms with Crippen LogP contribution in [0.25, 0.3) is 22.4 Å². The summed E-state index contributed by atoms with van der Waals surface area (Å²) in [6.45, 7) is 8.33. The number of ether oxygens (including phenoxy) is 1. The van der Waals surface area contributed by atoms with E-state index in [-0.39, 0.29) is 12.5 Å². The minimum absolute atomic E-state index is 0.126. The first-order valence-corrected chi connectivity index (χ1v) is 9.00. The van der Waals surface area contributed by atoms with Gasteiger partial charge in [0.25, 0.3) is 0 Å². The number of aromatic nitrogens is 3. The Labute approximate surface area is 153 Å². The van der Waals surface area contributed by atoms with Crippen LogP contribution in [0.5, 0.6) is 0 Å². The number of hydrogen-bond acceptors (Lipinski definition) is 5. The van der Waals surface area contributed by atoms with Crippen molar-refractivity contribution < 1.29 is 9.53 Å². The van der Waals surface area contributed by atoms with Crippen molar-refractivity contribution in [3.05, 3.63) is 42.6 Å². The van der Waals surface area contributed by atoms with Crippen LogP contribution in [0.3, 0.4) is 0 Å². The smallest absolute Gasteiger partial charge is 0.326 e. The summed E-state index contributed by atoms with van der Waals surface area (Å²) in [6.07, 6.45) is 1.82. The molecule has 0 radical (unpaired) electrons. The Hall–Kier alpha value is -2.89. The molecule has 26 heavy (non-hydrogen) atoms. The minimum Gasteiger partial charge on any atom is -0.465 e. The Bertz CT molecular complexity index is 882. The lowest BCUT2D eigenvalue weighted by atomic mass is 10.2. The summed E-state index contributed by atoms with van der Waals surface area (Å²) < 4.78 is 7.02. The van der Waals surface area contributed by atoms with E-state index in [2.05, 4.69) is 23.7 Å². The number of para-hydroxylation sites is 2. The number of benzene rings is 1. The maximum absolute atomic E-state index is 12.1.